The molecule has 21 heavy (non-hydrogen) atoms. The highest BCUT2D eigenvalue weighted by atomic mass is 19.1. The molecule has 0 bridgehead atoms. The molecule has 2 N–H and O–H groups in total. The van der Waals surface area contributed by atoms with Crippen molar-refractivity contribution in [2.24, 2.45) is 0 Å². The molecule has 1 aromatic heterocycles. The van der Waals surface area contributed by atoms with Gasteiger partial charge in [0.1, 0.15) is 5.82 Å². The summed E-state index contributed by atoms with van der Waals surface area (Å²) in [7, 11) is 0. The normalized spacial score (nSPS) is 21.7. The zero-order chi connectivity index (χ0) is 15.0. The molecule has 6 nitrogen and oxygen atoms in total. The van der Waals surface area contributed by atoms with Gasteiger partial charge in [0, 0.05) is 18.5 Å². The van der Waals surface area contributed by atoms with Crippen LogP contribution in [0.3, 0.4) is 0 Å². The third kappa shape index (κ3) is 2.58. The van der Waals surface area contributed by atoms with Crippen molar-refractivity contribution < 1.29 is 9.18 Å². The van der Waals surface area contributed by atoms with Crippen molar-refractivity contribution in [2.75, 3.05) is 6.54 Å². The van der Waals surface area contributed by atoms with E-state index < -0.39 is 5.69 Å². The van der Waals surface area contributed by atoms with Crippen molar-refractivity contribution in [3.05, 3.63) is 52.0 Å². The maximum atomic E-state index is 13.0. The van der Waals surface area contributed by atoms with Crippen LogP contribution in [0.5, 0.6) is 0 Å². The van der Waals surface area contributed by atoms with Crippen LogP contribution in [-0.2, 0) is 0 Å². The number of aromatic nitrogens is 3. The predicted molar refractivity (Wildman–Crippen MR) is 73.5 cm³/mol. The minimum Gasteiger partial charge on any atom is -0.333 e. The SMILES string of the molecule is C[C@H]1C[C@H](c2ccc(F)cc2)CN1C(=O)c1n[nH]c(=O)[nH]1. The number of carbonyl (C=O) groups excluding carboxylic acids is 1. The fourth-order valence-corrected chi connectivity index (χ4v) is 2.80. The number of aromatic amines is 2. The van der Waals surface area contributed by atoms with Gasteiger partial charge in [-0.3, -0.25) is 9.78 Å². The molecular weight excluding hydrogens is 275 g/mol. The van der Waals surface area contributed by atoms with Gasteiger partial charge in [0.2, 0.25) is 5.82 Å². The summed E-state index contributed by atoms with van der Waals surface area (Å²) in [6, 6.07) is 6.38. The molecule has 7 heteroatoms. The van der Waals surface area contributed by atoms with Gasteiger partial charge in [-0.25, -0.2) is 14.3 Å². The molecule has 2 atom stereocenters. The summed E-state index contributed by atoms with van der Waals surface area (Å²) in [5, 5.41) is 5.86. The Hall–Kier alpha value is -2.44. The van der Waals surface area contributed by atoms with E-state index in [1.807, 2.05) is 6.92 Å². The molecular formula is C14H15FN4O2. The Labute approximate surface area is 120 Å². The first-order valence-electron chi connectivity index (χ1n) is 6.75. The lowest BCUT2D eigenvalue weighted by molar-refractivity contribution is 0.0734. The minimum atomic E-state index is -0.500. The van der Waals surface area contributed by atoms with Crippen LogP contribution >= 0.6 is 0 Å². The molecule has 110 valence electrons. The van der Waals surface area contributed by atoms with Gasteiger partial charge in [-0.2, -0.15) is 0 Å². The van der Waals surface area contributed by atoms with Crippen LogP contribution in [-0.4, -0.2) is 38.6 Å². The summed E-state index contributed by atoms with van der Waals surface area (Å²) in [6.45, 7) is 2.48. The van der Waals surface area contributed by atoms with Gasteiger partial charge >= 0.3 is 5.69 Å². The van der Waals surface area contributed by atoms with Gasteiger partial charge in [0.15, 0.2) is 0 Å². The van der Waals surface area contributed by atoms with E-state index in [1.54, 1.807) is 17.0 Å². The second-order valence-electron chi connectivity index (χ2n) is 5.32. The average Bonchev–Trinajstić information content (AvgIpc) is 3.05. The summed E-state index contributed by atoms with van der Waals surface area (Å²) in [5.74, 6) is -0.390. The van der Waals surface area contributed by atoms with Gasteiger partial charge < -0.3 is 4.90 Å². The smallest absolute Gasteiger partial charge is 0.333 e. The molecule has 0 radical (unpaired) electrons. The highest BCUT2D eigenvalue weighted by Crippen LogP contribution is 2.32. The largest absolute Gasteiger partial charge is 0.341 e. The van der Waals surface area contributed by atoms with Crippen molar-refractivity contribution in [3.8, 4) is 0 Å². The van der Waals surface area contributed by atoms with Crippen molar-refractivity contribution in [1.82, 2.24) is 20.1 Å². The number of halogens is 1. The maximum Gasteiger partial charge on any atom is 0.341 e. The molecule has 3 rings (SSSR count). The van der Waals surface area contributed by atoms with Gasteiger partial charge in [0.25, 0.3) is 5.91 Å². The van der Waals surface area contributed by atoms with E-state index in [9.17, 15) is 14.0 Å². The molecule has 0 aliphatic carbocycles. The first-order valence-corrected chi connectivity index (χ1v) is 6.75. The number of rotatable bonds is 2. The Balaban J connectivity index is 1.78. The number of H-pyrrole nitrogens is 2. The third-order valence-electron chi connectivity index (χ3n) is 3.88. The summed E-state index contributed by atoms with van der Waals surface area (Å²) in [5.41, 5.74) is 0.509. The monoisotopic (exact) mass is 290 g/mol. The van der Waals surface area contributed by atoms with Crippen molar-refractivity contribution in [2.45, 2.75) is 25.3 Å². The van der Waals surface area contributed by atoms with Crippen LogP contribution in [0.15, 0.2) is 29.1 Å². The van der Waals surface area contributed by atoms with Gasteiger partial charge in [-0.05, 0) is 31.0 Å². The molecule has 0 saturated carbocycles. The van der Waals surface area contributed by atoms with Crippen LogP contribution in [0.4, 0.5) is 4.39 Å². The second kappa shape index (κ2) is 5.16. The predicted octanol–water partition coefficient (Wildman–Crippen LogP) is 1.26. The molecule has 1 saturated heterocycles. The third-order valence-corrected chi connectivity index (χ3v) is 3.88. The summed E-state index contributed by atoms with van der Waals surface area (Å²) >= 11 is 0. The standard InChI is InChI=1S/C14H15FN4O2/c1-8-6-10(9-2-4-11(15)5-3-9)7-19(8)13(20)12-16-14(21)18-17-12/h2-5,8,10H,6-7H2,1H3,(H2,16,17,18,21)/t8-,10-/m0/s1. The van der Waals surface area contributed by atoms with Gasteiger partial charge in [0.05, 0.1) is 0 Å². The van der Waals surface area contributed by atoms with Crippen LogP contribution in [0.25, 0.3) is 0 Å². The number of likely N-dealkylation sites (tertiary alicyclic amines) is 1. The summed E-state index contributed by atoms with van der Waals surface area (Å²) in [6.07, 6.45) is 0.798. The van der Waals surface area contributed by atoms with Crippen LogP contribution in [0, 0.1) is 5.82 Å². The van der Waals surface area contributed by atoms with E-state index in [4.69, 9.17) is 0 Å². The number of hydrogen-bond acceptors (Lipinski definition) is 3. The van der Waals surface area contributed by atoms with Crippen molar-refractivity contribution >= 4 is 5.91 Å². The number of nitrogens with one attached hydrogen (secondary N) is 2. The number of benzene rings is 1. The fraction of sp³-hybridized carbons (Fsp3) is 0.357. The molecule has 0 unspecified atom stereocenters. The molecule has 1 amide bonds. The van der Waals surface area contributed by atoms with Gasteiger partial charge in [-0.15, -0.1) is 5.10 Å². The average molecular weight is 290 g/mol. The molecule has 1 aromatic carbocycles. The van der Waals surface area contributed by atoms with Crippen LogP contribution < -0.4 is 5.69 Å². The number of amides is 1. The van der Waals surface area contributed by atoms with E-state index in [2.05, 4.69) is 15.2 Å². The number of hydrogen-bond donors (Lipinski definition) is 2. The van der Waals surface area contributed by atoms with Crippen molar-refractivity contribution in [1.29, 1.82) is 0 Å². The lowest BCUT2D eigenvalue weighted by Crippen LogP contribution is -2.34. The highest BCUT2D eigenvalue weighted by molar-refractivity contribution is 5.90. The van der Waals surface area contributed by atoms with E-state index in [-0.39, 0.29) is 29.5 Å². The number of nitrogens with zero attached hydrogens (tertiary/aromatic N) is 2. The Morgan fingerprint density at radius 2 is 2.10 bits per heavy atom. The van der Waals surface area contributed by atoms with Gasteiger partial charge in [-0.1, -0.05) is 12.1 Å². The zero-order valence-corrected chi connectivity index (χ0v) is 11.5. The summed E-state index contributed by atoms with van der Waals surface area (Å²) < 4.78 is 13.0. The fourth-order valence-electron chi connectivity index (χ4n) is 2.80. The Kier molecular flexibility index (Phi) is 3.32. The Morgan fingerprint density at radius 3 is 2.71 bits per heavy atom. The van der Waals surface area contributed by atoms with E-state index in [0.717, 1.165) is 12.0 Å². The second-order valence-corrected chi connectivity index (χ2v) is 5.32. The van der Waals surface area contributed by atoms with E-state index >= 15 is 0 Å². The first kappa shape index (κ1) is 13.5. The van der Waals surface area contributed by atoms with E-state index in [0.29, 0.717) is 6.54 Å². The maximum absolute atomic E-state index is 13.0. The highest BCUT2D eigenvalue weighted by Gasteiger charge is 2.34. The zero-order valence-electron chi connectivity index (χ0n) is 11.5. The topological polar surface area (TPSA) is 81.8 Å². The molecule has 1 aliphatic rings. The molecule has 1 fully saturated rings. The molecule has 1 aliphatic heterocycles. The molecule has 0 spiro atoms. The van der Waals surface area contributed by atoms with Crippen LogP contribution in [0.1, 0.15) is 35.4 Å². The lowest BCUT2D eigenvalue weighted by Gasteiger charge is -2.19. The van der Waals surface area contributed by atoms with Crippen LogP contribution in [0.2, 0.25) is 0 Å². The van der Waals surface area contributed by atoms with Crippen molar-refractivity contribution in [3.63, 3.8) is 0 Å². The lowest BCUT2D eigenvalue weighted by atomic mass is 9.97. The Bertz CT molecular complexity index is 706. The summed E-state index contributed by atoms with van der Waals surface area (Å²) in [4.78, 5) is 27.4. The minimum absolute atomic E-state index is 0.0200. The quantitative estimate of drug-likeness (QED) is 0.873. The number of carbonyl (C=O) groups is 1. The molecule has 2 heterocycles. The van der Waals surface area contributed by atoms with E-state index in [1.165, 1.54) is 12.1 Å². The first-order chi connectivity index (χ1) is 10.0. The molecule has 2 aromatic rings. The Morgan fingerprint density at radius 1 is 1.38 bits per heavy atom.